The molecule has 0 bridgehead atoms. The van der Waals surface area contributed by atoms with Crippen LogP contribution in [-0.2, 0) is 45.8 Å². The molecule has 73 heavy (non-hydrogen) atoms. The smallest absolute Gasteiger partial charge is 0.161 e. The van der Waals surface area contributed by atoms with Gasteiger partial charge in [-0.05, 0) is 91.4 Å². The van der Waals surface area contributed by atoms with Crippen LogP contribution in [0.3, 0.4) is 0 Å². The van der Waals surface area contributed by atoms with E-state index in [-0.39, 0.29) is 20.1 Å². The number of nitrogens with zero attached hydrogens (tertiary/aromatic N) is 5. The number of pyridine rings is 1. The van der Waals surface area contributed by atoms with Gasteiger partial charge in [0.05, 0.1) is 22.8 Å². The zero-order valence-electron chi connectivity index (χ0n) is 44.1. The van der Waals surface area contributed by atoms with Crippen LogP contribution in [0.1, 0.15) is 153 Å². The van der Waals surface area contributed by atoms with Crippen LogP contribution in [0.5, 0.6) is 0 Å². The van der Waals surface area contributed by atoms with Crippen molar-refractivity contribution in [2.45, 2.75) is 156 Å². The van der Waals surface area contributed by atoms with Gasteiger partial charge in [-0.1, -0.05) is 220 Å². The monoisotopic (exact) mass is 1140 g/mol. The molecule has 0 N–H and O–H groups in total. The molecule has 0 fully saturated rings. The molecule has 1 radical (unpaired) electrons. The van der Waals surface area contributed by atoms with Gasteiger partial charge in [0.1, 0.15) is 5.82 Å². The van der Waals surface area contributed by atoms with Gasteiger partial charge in [-0.15, -0.1) is 29.8 Å². The minimum atomic E-state index is 0. The topological polar surface area (TPSA) is 64.5 Å². The standard InChI is InChI=1S/C67H76N5.Ir/c1-5-9-13-17-21-50-25-33-55(34-26-50)62-47-63(56-35-27-51(28-36-56)22-18-14-10-6-2)70-66(69-62)59-43-41-54(42-44-59)61-46-45-60(49-68-61)67-71-64(57-37-29-52(30-38-57)23-19-15-11-7-3)48-65(72-67)58-39-31-53(32-40-58)24-20-16-12-8-4;/h25-41,43-49H,5-24H2,1-4H3;/q-1;. The van der Waals surface area contributed by atoms with Crippen LogP contribution in [0.15, 0.2) is 146 Å². The number of aryl methyl sites for hydroxylation is 4. The Kier molecular flexibility index (Phi) is 21.8. The summed E-state index contributed by atoms with van der Waals surface area (Å²) in [5, 5.41) is 0. The minimum Gasteiger partial charge on any atom is -0.304 e. The van der Waals surface area contributed by atoms with Crippen molar-refractivity contribution in [3.05, 3.63) is 174 Å². The molecular weight excluding hydrogens is 1070 g/mol. The summed E-state index contributed by atoms with van der Waals surface area (Å²) in [5.41, 5.74) is 17.0. The Morgan fingerprint density at radius 3 is 0.918 bits per heavy atom. The normalized spacial score (nSPS) is 11.2. The summed E-state index contributed by atoms with van der Waals surface area (Å²) in [7, 11) is 0. The third-order valence-electron chi connectivity index (χ3n) is 14.1. The van der Waals surface area contributed by atoms with Crippen molar-refractivity contribution in [2.75, 3.05) is 0 Å². The maximum atomic E-state index is 5.18. The average molecular weight is 1140 g/mol. The molecule has 5 nitrogen and oxygen atoms in total. The van der Waals surface area contributed by atoms with Crippen LogP contribution >= 0.6 is 0 Å². The van der Waals surface area contributed by atoms with Crippen molar-refractivity contribution in [1.82, 2.24) is 24.9 Å². The van der Waals surface area contributed by atoms with Gasteiger partial charge in [0, 0.05) is 54.1 Å². The van der Waals surface area contributed by atoms with Crippen molar-refractivity contribution < 1.29 is 20.1 Å². The van der Waals surface area contributed by atoms with Gasteiger partial charge in [0.25, 0.3) is 0 Å². The first-order valence-corrected chi connectivity index (χ1v) is 27.6. The molecule has 0 aliphatic heterocycles. The average Bonchev–Trinajstić information content (AvgIpc) is 3.44. The first-order valence-electron chi connectivity index (χ1n) is 27.6. The summed E-state index contributed by atoms with van der Waals surface area (Å²) in [6, 6.07) is 54.0. The molecule has 8 aromatic rings. The molecule has 0 aliphatic carbocycles. The van der Waals surface area contributed by atoms with E-state index in [4.69, 9.17) is 24.9 Å². The molecule has 0 amide bonds. The maximum absolute atomic E-state index is 5.18. The Bertz CT molecular complexity index is 2510. The molecule has 0 unspecified atom stereocenters. The van der Waals surface area contributed by atoms with Gasteiger partial charge < -0.3 is 4.98 Å². The predicted molar refractivity (Wildman–Crippen MR) is 304 cm³/mol. The van der Waals surface area contributed by atoms with Crippen LogP contribution in [-0.4, -0.2) is 24.9 Å². The fourth-order valence-corrected chi connectivity index (χ4v) is 9.55. The minimum absolute atomic E-state index is 0. The summed E-state index contributed by atoms with van der Waals surface area (Å²) in [5.74, 6) is 1.33. The van der Waals surface area contributed by atoms with Gasteiger partial charge in [0.15, 0.2) is 5.82 Å². The zero-order valence-corrected chi connectivity index (χ0v) is 46.5. The Morgan fingerprint density at radius 1 is 0.315 bits per heavy atom. The number of hydrogen-bond donors (Lipinski definition) is 0. The summed E-state index contributed by atoms with van der Waals surface area (Å²) in [6.07, 6.45) is 26.5. The van der Waals surface area contributed by atoms with Gasteiger partial charge in [-0.2, -0.15) is 0 Å². The van der Waals surface area contributed by atoms with Gasteiger partial charge in [-0.3, -0.25) is 0 Å². The molecule has 0 saturated carbocycles. The summed E-state index contributed by atoms with van der Waals surface area (Å²) in [6.45, 7) is 9.06. The number of aromatic nitrogens is 5. The summed E-state index contributed by atoms with van der Waals surface area (Å²) < 4.78 is 0. The van der Waals surface area contributed by atoms with Gasteiger partial charge >= 0.3 is 0 Å². The van der Waals surface area contributed by atoms with Crippen molar-refractivity contribution in [2.24, 2.45) is 0 Å². The molecule has 5 aromatic carbocycles. The third kappa shape index (κ3) is 16.0. The van der Waals surface area contributed by atoms with E-state index in [1.54, 1.807) is 0 Å². The van der Waals surface area contributed by atoms with E-state index in [2.05, 4.69) is 161 Å². The van der Waals surface area contributed by atoms with Crippen molar-refractivity contribution in [3.8, 4) is 79.1 Å². The largest absolute Gasteiger partial charge is 0.304 e. The number of hydrogen-bond acceptors (Lipinski definition) is 5. The maximum Gasteiger partial charge on any atom is 0.161 e. The van der Waals surface area contributed by atoms with E-state index < -0.39 is 0 Å². The number of benzene rings is 5. The van der Waals surface area contributed by atoms with Crippen LogP contribution < -0.4 is 0 Å². The summed E-state index contributed by atoms with van der Waals surface area (Å²) >= 11 is 0. The van der Waals surface area contributed by atoms with Crippen molar-refractivity contribution in [3.63, 3.8) is 0 Å². The van der Waals surface area contributed by atoms with Gasteiger partial charge in [0.2, 0.25) is 0 Å². The molecule has 0 aliphatic rings. The van der Waals surface area contributed by atoms with Crippen molar-refractivity contribution >= 4 is 0 Å². The molecule has 0 atom stereocenters. The second kappa shape index (κ2) is 29.1. The Hall–Kier alpha value is -5.94. The Balaban J connectivity index is 0.00000780. The molecule has 8 rings (SSSR count). The van der Waals surface area contributed by atoms with E-state index in [0.29, 0.717) is 11.6 Å². The predicted octanol–water partition coefficient (Wildman–Crippen LogP) is 18.6. The first-order chi connectivity index (χ1) is 35.5. The van der Waals surface area contributed by atoms with Crippen molar-refractivity contribution in [1.29, 1.82) is 0 Å². The Morgan fingerprint density at radius 2 is 0.630 bits per heavy atom. The SMILES string of the molecule is CCCCCCc1ccc(-c2cc(-c3ccc(CCCCCC)cc3)nc(-c3c[c-]c(-c4ccc(-c5nc(-c6ccc(CCCCCC)cc6)cc(-c6ccc(CCCCCC)cc6)n5)cn4)cc3)n2)cc1.[Ir]. The molecule has 3 heterocycles. The zero-order chi connectivity index (χ0) is 49.7. The molecule has 379 valence electrons. The van der Waals surface area contributed by atoms with Crippen LogP contribution in [0.25, 0.3) is 79.1 Å². The molecule has 0 saturated heterocycles. The van der Waals surface area contributed by atoms with E-state index in [1.165, 1.54) is 125 Å². The van der Waals surface area contributed by atoms with E-state index >= 15 is 0 Å². The second-order valence-corrected chi connectivity index (χ2v) is 19.9. The van der Waals surface area contributed by atoms with E-state index in [0.717, 1.165) is 93.1 Å². The number of rotatable bonds is 27. The second-order valence-electron chi connectivity index (χ2n) is 19.9. The third-order valence-corrected chi connectivity index (χ3v) is 14.1. The number of unbranched alkanes of at least 4 members (excludes halogenated alkanes) is 12. The van der Waals surface area contributed by atoms with Crippen LogP contribution in [0, 0.1) is 6.07 Å². The van der Waals surface area contributed by atoms with E-state index in [1.807, 2.05) is 18.3 Å². The molecule has 0 spiro atoms. The van der Waals surface area contributed by atoms with E-state index in [9.17, 15) is 0 Å². The summed E-state index contributed by atoms with van der Waals surface area (Å²) in [4.78, 5) is 25.7. The Labute approximate surface area is 451 Å². The quantitative estimate of drug-likeness (QED) is 0.0379. The fourth-order valence-electron chi connectivity index (χ4n) is 9.55. The molecule has 6 heteroatoms. The molecular formula is C67H76IrN5-. The fraction of sp³-hybridized carbons (Fsp3) is 0.358. The molecule has 3 aromatic heterocycles. The van der Waals surface area contributed by atoms with Crippen LogP contribution in [0.2, 0.25) is 0 Å². The van der Waals surface area contributed by atoms with Crippen LogP contribution in [0.4, 0.5) is 0 Å². The van der Waals surface area contributed by atoms with Gasteiger partial charge in [-0.25, -0.2) is 19.9 Å². The first kappa shape index (κ1) is 54.8.